The highest BCUT2D eigenvalue weighted by Gasteiger charge is 2.27. The molecule has 8 nitrogen and oxygen atoms in total. The van der Waals surface area contributed by atoms with Crippen LogP contribution < -0.4 is 10.6 Å². The minimum atomic E-state index is -1.07. The van der Waals surface area contributed by atoms with Crippen LogP contribution in [0.25, 0.3) is 0 Å². The fourth-order valence-electron chi connectivity index (χ4n) is 3.26. The summed E-state index contributed by atoms with van der Waals surface area (Å²) >= 11 is 0. The number of nitrogens with zero attached hydrogens (tertiary/aromatic N) is 1. The van der Waals surface area contributed by atoms with Crippen LogP contribution in [0.4, 0.5) is 17.1 Å². The average Bonchev–Trinajstić information content (AvgIpc) is 3.48. The van der Waals surface area contributed by atoms with Gasteiger partial charge in [-0.3, -0.25) is 14.9 Å². The molecule has 0 unspecified atom stereocenters. The lowest BCUT2D eigenvalue weighted by Gasteiger charge is -2.17. The van der Waals surface area contributed by atoms with E-state index in [0.29, 0.717) is 11.4 Å². The Morgan fingerprint density at radius 2 is 1.77 bits per heavy atom. The number of anilines is 2. The molecule has 0 spiro atoms. The van der Waals surface area contributed by atoms with Crippen LogP contribution in [0.15, 0.2) is 30.3 Å². The molecule has 1 atom stereocenters. The summed E-state index contributed by atoms with van der Waals surface area (Å²) in [6, 6.07) is 8.27. The molecule has 0 saturated heterocycles. The molecule has 158 valence electrons. The number of rotatable bonds is 7. The van der Waals surface area contributed by atoms with Crippen molar-refractivity contribution in [2.75, 3.05) is 10.6 Å². The van der Waals surface area contributed by atoms with Crippen molar-refractivity contribution in [3.05, 3.63) is 62.7 Å². The predicted octanol–water partition coefficient (Wildman–Crippen LogP) is 4.28. The maximum Gasteiger partial charge on any atom is 0.339 e. The molecule has 0 aromatic heterocycles. The van der Waals surface area contributed by atoms with E-state index in [4.69, 9.17) is 4.74 Å². The third kappa shape index (κ3) is 4.94. The first-order valence-electron chi connectivity index (χ1n) is 9.80. The van der Waals surface area contributed by atoms with Crippen molar-refractivity contribution in [3.63, 3.8) is 0 Å². The Hall–Kier alpha value is -3.42. The van der Waals surface area contributed by atoms with Gasteiger partial charge in [-0.05, 0) is 63.8 Å². The number of nitro groups is 1. The largest absolute Gasteiger partial charge is 0.449 e. The van der Waals surface area contributed by atoms with Gasteiger partial charge in [0.25, 0.3) is 11.6 Å². The van der Waals surface area contributed by atoms with E-state index in [-0.39, 0.29) is 17.3 Å². The van der Waals surface area contributed by atoms with Crippen LogP contribution in [0, 0.1) is 30.9 Å². The number of benzene rings is 2. The molecule has 30 heavy (non-hydrogen) atoms. The van der Waals surface area contributed by atoms with Gasteiger partial charge in [0, 0.05) is 17.8 Å². The molecule has 1 saturated carbocycles. The lowest BCUT2D eigenvalue weighted by Crippen LogP contribution is -2.30. The van der Waals surface area contributed by atoms with Gasteiger partial charge in [-0.1, -0.05) is 17.7 Å². The van der Waals surface area contributed by atoms with Crippen LogP contribution in [-0.4, -0.2) is 28.9 Å². The summed E-state index contributed by atoms with van der Waals surface area (Å²) < 4.78 is 5.25. The summed E-state index contributed by atoms with van der Waals surface area (Å²) in [7, 11) is 0. The highest BCUT2D eigenvalue weighted by Crippen LogP contribution is 2.31. The van der Waals surface area contributed by atoms with Crippen molar-refractivity contribution in [2.45, 2.75) is 52.7 Å². The minimum Gasteiger partial charge on any atom is -0.449 e. The summed E-state index contributed by atoms with van der Waals surface area (Å²) in [4.78, 5) is 35.8. The van der Waals surface area contributed by atoms with Crippen LogP contribution in [0.5, 0.6) is 0 Å². The SMILES string of the molecule is Cc1cc(C)c(NC(=O)[C@H](C)OC(=O)c2ccc(NC3CC3)c([N+](=O)[O-])c2)c(C)c1. The minimum absolute atomic E-state index is 0.0189. The zero-order valence-corrected chi connectivity index (χ0v) is 17.4. The zero-order chi connectivity index (χ0) is 22.0. The number of aryl methyl sites for hydroxylation is 3. The number of carbonyl (C=O) groups is 2. The molecular weight excluding hydrogens is 386 g/mol. The van der Waals surface area contributed by atoms with Gasteiger partial charge in [0.2, 0.25) is 0 Å². The van der Waals surface area contributed by atoms with E-state index in [9.17, 15) is 19.7 Å². The van der Waals surface area contributed by atoms with Gasteiger partial charge in [-0.15, -0.1) is 0 Å². The van der Waals surface area contributed by atoms with Gasteiger partial charge in [0.05, 0.1) is 10.5 Å². The first kappa shape index (κ1) is 21.3. The fourth-order valence-corrected chi connectivity index (χ4v) is 3.26. The molecule has 2 N–H and O–H groups in total. The first-order valence-corrected chi connectivity index (χ1v) is 9.80. The van der Waals surface area contributed by atoms with E-state index in [1.165, 1.54) is 25.1 Å². The van der Waals surface area contributed by atoms with Crippen LogP contribution in [-0.2, 0) is 9.53 Å². The van der Waals surface area contributed by atoms with Crippen LogP contribution >= 0.6 is 0 Å². The van der Waals surface area contributed by atoms with Crippen molar-refractivity contribution < 1.29 is 19.2 Å². The van der Waals surface area contributed by atoms with E-state index in [2.05, 4.69) is 10.6 Å². The second-order valence-corrected chi connectivity index (χ2v) is 7.72. The van der Waals surface area contributed by atoms with E-state index >= 15 is 0 Å². The van der Waals surface area contributed by atoms with Crippen molar-refractivity contribution in [3.8, 4) is 0 Å². The zero-order valence-electron chi connectivity index (χ0n) is 17.4. The summed E-state index contributed by atoms with van der Waals surface area (Å²) in [5, 5.41) is 17.2. The Kier molecular flexibility index (Phi) is 6.05. The third-order valence-electron chi connectivity index (χ3n) is 4.95. The molecule has 8 heteroatoms. The van der Waals surface area contributed by atoms with Crippen molar-refractivity contribution >= 4 is 28.9 Å². The number of hydrogen-bond donors (Lipinski definition) is 2. The lowest BCUT2D eigenvalue weighted by molar-refractivity contribution is -0.384. The Labute approximate surface area is 174 Å². The summed E-state index contributed by atoms with van der Waals surface area (Å²) in [6.07, 6.45) is 0.863. The Morgan fingerprint density at radius 1 is 1.13 bits per heavy atom. The number of esters is 1. The van der Waals surface area contributed by atoms with Crippen LogP contribution in [0.1, 0.15) is 46.8 Å². The van der Waals surface area contributed by atoms with Crippen LogP contribution in [0.3, 0.4) is 0 Å². The van der Waals surface area contributed by atoms with Gasteiger partial charge in [0.15, 0.2) is 6.10 Å². The monoisotopic (exact) mass is 411 g/mol. The maximum atomic E-state index is 12.5. The summed E-state index contributed by atoms with van der Waals surface area (Å²) in [5.41, 5.74) is 3.78. The smallest absolute Gasteiger partial charge is 0.339 e. The maximum absolute atomic E-state index is 12.5. The van der Waals surface area contributed by atoms with Crippen molar-refractivity contribution in [2.24, 2.45) is 0 Å². The molecule has 2 aromatic rings. The summed E-state index contributed by atoms with van der Waals surface area (Å²) in [6.45, 7) is 7.22. The number of hydrogen-bond acceptors (Lipinski definition) is 6. The Balaban J connectivity index is 1.69. The van der Waals surface area contributed by atoms with Gasteiger partial charge in [0.1, 0.15) is 5.69 Å². The normalized spacial score (nSPS) is 14.0. The second-order valence-electron chi connectivity index (χ2n) is 7.72. The van der Waals surface area contributed by atoms with Crippen LogP contribution in [0.2, 0.25) is 0 Å². The quantitative estimate of drug-likeness (QED) is 0.400. The molecule has 1 fully saturated rings. The Morgan fingerprint density at radius 3 is 2.33 bits per heavy atom. The topological polar surface area (TPSA) is 111 Å². The second kappa shape index (κ2) is 8.52. The van der Waals surface area contributed by atoms with E-state index < -0.39 is 22.9 Å². The number of amides is 1. The molecular formula is C22H25N3O5. The molecule has 3 rings (SSSR count). The van der Waals surface area contributed by atoms with Gasteiger partial charge in [-0.2, -0.15) is 0 Å². The molecule has 1 aliphatic rings. The van der Waals surface area contributed by atoms with Crippen molar-refractivity contribution in [1.29, 1.82) is 0 Å². The highest BCUT2D eigenvalue weighted by atomic mass is 16.6. The number of ether oxygens (including phenoxy) is 1. The molecule has 1 aliphatic carbocycles. The fraction of sp³-hybridized carbons (Fsp3) is 0.364. The molecule has 0 radical (unpaired) electrons. The lowest BCUT2D eigenvalue weighted by atomic mass is 10.0. The molecule has 0 heterocycles. The molecule has 0 bridgehead atoms. The Bertz CT molecular complexity index is 991. The first-order chi connectivity index (χ1) is 14.2. The predicted molar refractivity (Wildman–Crippen MR) is 114 cm³/mol. The highest BCUT2D eigenvalue weighted by molar-refractivity contribution is 5.98. The standard InChI is InChI=1S/C22H25N3O5/c1-12-9-13(2)20(14(3)10-12)24-21(26)15(4)30-22(27)16-5-8-18(23-17-6-7-17)19(11-16)25(28)29/h5,8-11,15,17,23H,6-7H2,1-4H3,(H,24,26)/t15-/m0/s1. The number of nitrogens with one attached hydrogen (secondary N) is 2. The molecule has 1 amide bonds. The van der Waals surface area contributed by atoms with Gasteiger partial charge in [-0.25, -0.2) is 4.79 Å². The summed E-state index contributed by atoms with van der Waals surface area (Å²) in [5.74, 6) is -1.27. The van der Waals surface area contributed by atoms with Gasteiger partial charge >= 0.3 is 5.97 Å². The third-order valence-corrected chi connectivity index (χ3v) is 4.95. The average molecular weight is 411 g/mol. The van der Waals surface area contributed by atoms with E-state index in [0.717, 1.165) is 29.5 Å². The number of nitro benzene ring substituents is 1. The van der Waals surface area contributed by atoms with E-state index in [1.807, 2.05) is 32.9 Å². The number of carbonyl (C=O) groups excluding carboxylic acids is 2. The molecule has 0 aliphatic heterocycles. The van der Waals surface area contributed by atoms with Crippen molar-refractivity contribution in [1.82, 2.24) is 0 Å². The van der Waals surface area contributed by atoms with E-state index in [1.54, 1.807) is 0 Å². The molecule has 2 aromatic carbocycles. The van der Waals surface area contributed by atoms with Gasteiger partial charge < -0.3 is 15.4 Å².